The minimum absolute atomic E-state index is 0.00700. The Morgan fingerprint density at radius 1 is 1.23 bits per heavy atom. The number of carbonyl (C=O) groups is 1. The second-order valence-electron chi connectivity index (χ2n) is 7.07. The first-order chi connectivity index (χ1) is 14.6. The van der Waals surface area contributed by atoms with Crippen LogP contribution in [-0.2, 0) is 10.5 Å². The zero-order valence-corrected chi connectivity index (χ0v) is 16.6. The highest BCUT2D eigenvalue weighted by Gasteiger charge is 2.39. The van der Waals surface area contributed by atoms with Gasteiger partial charge in [0, 0.05) is 23.4 Å². The van der Waals surface area contributed by atoms with Gasteiger partial charge in [0.1, 0.15) is 16.7 Å². The molecule has 1 N–H and O–H groups in total. The van der Waals surface area contributed by atoms with Crippen LogP contribution in [0.5, 0.6) is 0 Å². The Hall–Kier alpha value is -3.40. The number of hydrogen-bond acceptors (Lipinski definition) is 8. The van der Waals surface area contributed by atoms with E-state index in [2.05, 4.69) is 15.4 Å². The number of fused-ring (bicyclic) bond motifs is 1. The van der Waals surface area contributed by atoms with Crippen LogP contribution in [0.1, 0.15) is 36.6 Å². The summed E-state index contributed by atoms with van der Waals surface area (Å²) in [5.74, 6) is 1.13. The van der Waals surface area contributed by atoms with Crippen molar-refractivity contribution in [2.24, 2.45) is 0 Å². The zero-order chi connectivity index (χ0) is 20.7. The maximum absolute atomic E-state index is 12.7. The molecule has 1 unspecified atom stereocenters. The molecule has 0 saturated carbocycles. The molecule has 1 atom stereocenters. The van der Waals surface area contributed by atoms with E-state index < -0.39 is 11.0 Å². The van der Waals surface area contributed by atoms with E-state index in [0.29, 0.717) is 41.0 Å². The number of anilines is 1. The van der Waals surface area contributed by atoms with Crippen LogP contribution in [0.15, 0.2) is 63.3 Å². The van der Waals surface area contributed by atoms with Gasteiger partial charge in [-0.25, -0.2) is 4.68 Å². The molecule has 0 saturated heterocycles. The van der Waals surface area contributed by atoms with Crippen molar-refractivity contribution in [2.45, 2.75) is 36.2 Å². The van der Waals surface area contributed by atoms with Crippen LogP contribution in [-0.4, -0.2) is 25.5 Å². The first kappa shape index (κ1) is 18.6. The molecule has 5 rings (SSSR count). The van der Waals surface area contributed by atoms with Gasteiger partial charge in [0.15, 0.2) is 5.78 Å². The van der Waals surface area contributed by atoms with Crippen molar-refractivity contribution >= 4 is 29.4 Å². The molecule has 1 aliphatic carbocycles. The Morgan fingerprint density at radius 3 is 2.83 bits per heavy atom. The van der Waals surface area contributed by atoms with Gasteiger partial charge < -0.3 is 9.73 Å². The fraction of sp³-hybridized carbons (Fsp3) is 0.250. The van der Waals surface area contributed by atoms with Gasteiger partial charge >= 0.3 is 5.88 Å². The topological polar surface area (TPSA) is 116 Å². The monoisotopic (exact) mass is 423 g/mol. The van der Waals surface area contributed by atoms with Gasteiger partial charge in [-0.2, -0.15) is 4.98 Å². The average Bonchev–Trinajstić information content (AvgIpc) is 3.39. The van der Waals surface area contributed by atoms with Crippen LogP contribution in [0.3, 0.4) is 0 Å². The molecule has 3 aromatic rings. The number of aromatic nitrogens is 3. The number of nitrogens with zero attached hydrogens (tertiary/aromatic N) is 4. The molecule has 0 radical (unpaired) electrons. The maximum atomic E-state index is 12.7. The van der Waals surface area contributed by atoms with Crippen molar-refractivity contribution in [1.29, 1.82) is 0 Å². The number of Topliss-reactive ketones (excluding diaryl/α,β-unsaturated/α-hetero) is 1. The molecule has 0 bridgehead atoms. The molecule has 152 valence electrons. The second-order valence-corrected chi connectivity index (χ2v) is 8.01. The van der Waals surface area contributed by atoms with Crippen LogP contribution in [0.25, 0.3) is 0 Å². The van der Waals surface area contributed by atoms with Crippen LogP contribution in [0.2, 0.25) is 0 Å². The minimum Gasteiger partial charge on any atom is -0.403 e. The molecule has 9 nitrogen and oxygen atoms in total. The molecular weight excluding hydrogens is 406 g/mol. The van der Waals surface area contributed by atoms with Crippen LogP contribution in [0, 0.1) is 10.1 Å². The smallest absolute Gasteiger partial charge is 0.403 e. The Bertz CT molecular complexity index is 1170. The molecular formula is C20H17N5O4S. The summed E-state index contributed by atoms with van der Waals surface area (Å²) in [7, 11) is 0. The predicted octanol–water partition coefficient (Wildman–Crippen LogP) is 4.09. The van der Waals surface area contributed by atoms with Gasteiger partial charge in [-0.1, -0.05) is 42.1 Å². The van der Waals surface area contributed by atoms with Crippen molar-refractivity contribution < 1.29 is 14.1 Å². The lowest BCUT2D eigenvalue weighted by Gasteiger charge is -2.30. The number of furan rings is 1. The van der Waals surface area contributed by atoms with E-state index in [0.717, 1.165) is 17.7 Å². The molecule has 0 fully saturated rings. The molecule has 0 spiro atoms. The van der Waals surface area contributed by atoms with Gasteiger partial charge in [-0.15, -0.1) is 5.10 Å². The van der Waals surface area contributed by atoms with Crippen molar-refractivity contribution in [3.05, 3.63) is 75.2 Å². The van der Waals surface area contributed by atoms with E-state index in [1.165, 1.54) is 23.9 Å². The summed E-state index contributed by atoms with van der Waals surface area (Å²) in [4.78, 5) is 27.8. The maximum Gasteiger partial charge on any atom is 0.433 e. The third kappa shape index (κ3) is 3.28. The quantitative estimate of drug-likeness (QED) is 0.370. The van der Waals surface area contributed by atoms with Crippen molar-refractivity contribution in [3.63, 3.8) is 0 Å². The summed E-state index contributed by atoms with van der Waals surface area (Å²) in [5.41, 5.74) is 2.48. The molecule has 3 heterocycles. The number of thioether (sulfide) groups is 1. The second kappa shape index (κ2) is 7.45. The number of benzene rings is 1. The van der Waals surface area contributed by atoms with Gasteiger partial charge in [-0.05, 0) is 24.5 Å². The molecule has 2 aliphatic rings. The van der Waals surface area contributed by atoms with E-state index in [9.17, 15) is 14.9 Å². The zero-order valence-electron chi connectivity index (χ0n) is 15.8. The highest BCUT2D eigenvalue weighted by atomic mass is 32.2. The van der Waals surface area contributed by atoms with Gasteiger partial charge in [0.05, 0.1) is 6.07 Å². The van der Waals surface area contributed by atoms with E-state index in [4.69, 9.17) is 4.42 Å². The van der Waals surface area contributed by atoms with E-state index in [-0.39, 0.29) is 11.7 Å². The largest absolute Gasteiger partial charge is 0.433 e. The van der Waals surface area contributed by atoms with Crippen molar-refractivity contribution in [2.75, 3.05) is 5.32 Å². The fourth-order valence-electron chi connectivity index (χ4n) is 3.77. The van der Waals surface area contributed by atoms with Gasteiger partial charge in [0.25, 0.3) is 0 Å². The average molecular weight is 423 g/mol. The van der Waals surface area contributed by atoms with E-state index in [1.807, 2.05) is 30.3 Å². The molecule has 2 aromatic heterocycles. The summed E-state index contributed by atoms with van der Waals surface area (Å²) in [6, 6.07) is 12.1. The number of ketones is 1. The number of carbonyl (C=O) groups excluding carboxylic acids is 1. The Balaban J connectivity index is 1.52. The number of rotatable bonds is 5. The van der Waals surface area contributed by atoms with Gasteiger partial charge in [0.2, 0.25) is 11.1 Å². The first-order valence-corrected chi connectivity index (χ1v) is 10.5. The van der Waals surface area contributed by atoms with E-state index in [1.54, 1.807) is 4.68 Å². The van der Waals surface area contributed by atoms with Crippen molar-refractivity contribution in [3.8, 4) is 0 Å². The third-order valence-corrected chi connectivity index (χ3v) is 6.03. The van der Waals surface area contributed by atoms with Crippen LogP contribution < -0.4 is 5.32 Å². The predicted molar refractivity (Wildman–Crippen MR) is 109 cm³/mol. The molecule has 0 amide bonds. The van der Waals surface area contributed by atoms with E-state index >= 15 is 0 Å². The summed E-state index contributed by atoms with van der Waals surface area (Å²) in [6.45, 7) is 0. The lowest BCUT2D eigenvalue weighted by atomic mass is 9.88. The summed E-state index contributed by atoms with van der Waals surface area (Å²) < 4.78 is 7.06. The number of nitrogens with one attached hydrogen (secondary N) is 1. The molecule has 10 heteroatoms. The molecule has 1 aromatic carbocycles. The lowest BCUT2D eigenvalue weighted by Crippen LogP contribution is -2.31. The third-order valence-electron chi connectivity index (χ3n) is 5.12. The van der Waals surface area contributed by atoms with Crippen LogP contribution >= 0.6 is 11.8 Å². The Morgan fingerprint density at radius 2 is 2.07 bits per heavy atom. The standard InChI is InChI=1S/C20H17N5O4S/c26-14-8-4-7-13-17(14)18(15-9-10-16(29-15)25(27)28)24-19(21-13)22-20(23-24)30-11-12-5-2-1-3-6-12/h1-3,5-6,9-10,18H,4,7-8,11H2,(H,21,22,23). The fourth-order valence-corrected chi connectivity index (χ4v) is 4.56. The van der Waals surface area contributed by atoms with Crippen molar-refractivity contribution in [1.82, 2.24) is 14.8 Å². The lowest BCUT2D eigenvalue weighted by molar-refractivity contribution is -0.402. The Kier molecular flexibility index (Phi) is 4.62. The Labute approximate surface area is 175 Å². The van der Waals surface area contributed by atoms with Crippen LogP contribution in [0.4, 0.5) is 11.8 Å². The highest BCUT2D eigenvalue weighted by Crippen LogP contribution is 2.41. The molecule has 30 heavy (non-hydrogen) atoms. The number of nitro groups is 1. The minimum atomic E-state index is -0.670. The summed E-state index contributed by atoms with van der Waals surface area (Å²) in [6.07, 6.45) is 1.89. The number of hydrogen-bond donors (Lipinski definition) is 1. The SMILES string of the molecule is O=C1CCCC2=C1C(c1ccc([N+](=O)[O-])o1)n1nc(SCc3ccccc3)nc1N2. The molecule has 1 aliphatic heterocycles. The summed E-state index contributed by atoms with van der Waals surface area (Å²) >= 11 is 1.48. The first-order valence-electron chi connectivity index (χ1n) is 9.51. The van der Waals surface area contributed by atoms with Gasteiger partial charge in [-0.3, -0.25) is 14.9 Å². The normalized spacial score (nSPS) is 18.0. The summed E-state index contributed by atoms with van der Waals surface area (Å²) in [5, 5.41) is 19.5. The number of allylic oxidation sites excluding steroid dienone is 2. The highest BCUT2D eigenvalue weighted by molar-refractivity contribution is 7.98.